The van der Waals surface area contributed by atoms with Crippen molar-refractivity contribution < 1.29 is 9.53 Å². The molecule has 1 heterocycles. The molecule has 1 unspecified atom stereocenters. The quantitative estimate of drug-likeness (QED) is 0.851. The van der Waals surface area contributed by atoms with E-state index in [0.717, 1.165) is 5.75 Å². The lowest BCUT2D eigenvalue weighted by atomic mass is 10.2. The second kappa shape index (κ2) is 8.17. The van der Waals surface area contributed by atoms with E-state index in [4.69, 9.17) is 4.74 Å². The van der Waals surface area contributed by atoms with Gasteiger partial charge in [-0.3, -0.25) is 9.59 Å². The van der Waals surface area contributed by atoms with Crippen LogP contribution in [-0.2, 0) is 11.3 Å². The average Bonchev–Trinajstić information content (AvgIpc) is 2.54. The van der Waals surface area contributed by atoms with Gasteiger partial charge in [0.05, 0.1) is 6.54 Å². The molecule has 2 rings (SSSR count). The number of carbonyl (C=O) groups excluding carboxylic acids is 1. The SMILES string of the molecule is Cc1ccc(OC(C)CNC(=O)CCn2ccccc2=O)cc1. The third-order valence-electron chi connectivity index (χ3n) is 3.42. The number of nitrogens with zero attached hydrogens (tertiary/aromatic N) is 1. The molecule has 0 saturated heterocycles. The van der Waals surface area contributed by atoms with Gasteiger partial charge in [0.15, 0.2) is 0 Å². The third kappa shape index (κ3) is 5.62. The lowest BCUT2D eigenvalue weighted by molar-refractivity contribution is -0.121. The van der Waals surface area contributed by atoms with Crippen molar-refractivity contribution in [3.63, 3.8) is 0 Å². The zero-order valence-electron chi connectivity index (χ0n) is 13.5. The fourth-order valence-electron chi connectivity index (χ4n) is 2.10. The highest BCUT2D eigenvalue weighted by Gasteiger charge is 2.07. The Hall–Kier alpha value is -2.56. The van der Waals surface area contributed by atoms with Crippen LogP contribution in [0, 0.1) is 6.92 Å². The van der Waals surface area contributed by atoms with Gasteiger partial charge in [0, 0.05) is 25.2 Å². The molecule has 0 aliphatic rings. The van der Waals surface area contributed by atoms with Gasteiger partial charge in [-0.1, -0.05) is 23.8 Å². The number of rotatable bonds is 7. The Kier molecular flexibility index (Phi) is 5.97. The van der Waals surface area contributed by atoms with Crippen LogP contribution in [0.1, 0.15) is 18.9 Å². The molecule has 2 aromatic rings. The van der Waals surface area contributed by atoms with E-state index in [2.05, 4.69) is 5.32 Å². The molecular formula is C18H22N2O3. The molecule has 1 amide bonds. The smallest absolute Gasteiger partial charge is 0.250 e. The van der Waals surface area contributed by atoms with Gasteiger partial charge in [-0.05, 0) is 32.0 Å². The van der Waals surface area contributed by atoms with Crippen LogP contribution in [0.2, 0.25) is 0 Å². The third-order valence-corrected chi connectivity index (χ3v) is 3.42. The summed E-state index contributed by atoms with van der Waals surface area (Å²) in [6.07, 6.45) is 1.82. The summed E-state index contributed by atoms with van der Waals surface area (Å²) in [4.78, 5) is 23.4. The summed E-state index contributed by atoms with van der Waals surface area (Å²) >= 11 is 0. The largest absolute Gasteiger partial charge is 0.489 e. The van der Waals surface area contributed by atoms with Crippen LogP contribution in [0.15, 0.2) is 53.5 Å². The molecule has 0 radical (unpaired) electrons. The van der Waals surface area contributed by atoms with E-state index in [0.29, 0.717) is 13.1 Å². The first-order chi connectivity index (χ1) is 11.0. The summed E-state index contributed by atoms with van der Waals surface area (Å²) in [6, 6.07) is 12.7. The zero-order valence-corrected chi connectivity index (χ0v) is 13.5. The molecule has 23 heavy (non-hydrogen) atoms. The first-order valence-electron chi connectivity index (χ1n) is 7.70. The second-order valence-corrected chi connectivity index (χ2v) is 5.53. The van der Waals surface area contributed by atoms with E-state index in [1.54, 1.807) is 18.3 Å². The highest BCUT2D eigenvalue weighted by molar-refractivity contribution is 5.75. The van der Waals surface area contributed by atoms with Gasteiger partial charge >= 0.3 is 0 Å². The molecular weight excluding hydrogens is 292 g/mol. The number of pyridine rings is 1. The summed E-state index contributed by atoms with van der Waals surface area (Å²) in [5.41, 5.74) is 1.07. The van der Waals surface area contributed by atoms with Crippen molar-refractivity contribution in [2.75, 3.05) is 6.54 Å². The number of amides is 1. The monoisotopic (exact) mass is 314 g/mol. The molecule has 0 aliphatic carbocycles. The first kappa shape index (κ1) is 16.8. The summed E-state index contributed by atoms with van der Waals surface area (Å²) in [7, 11) is 0. The van der Waals surface area contributed by atoms with Crippen molar-refractivity contribution in [3.8, 4) is 5.75 Å². The van der Waals surface area contributed by atoms with E-state index in [-0.39, 0.29) is 24.0 Å². The summed E-state index contributed by atoms with van der Waals surface area (Å²) < 4.78 is 7.25. The van der Waals surface area contributed by atoms with Crippen LogP contribution in [0.5, 0.6) is 5.75 Å². The predicted molar refractivity (Wildman–Crippen MR) is 89.6 cm³/mol. The van der Waals surface area contributed by atoms with Crippen LogP contribution >= 0.6 is 0 Å². The lowest BCUT2D eigenvalue weighted by Crippen LogP contribution is -2.34. The maximum Gasteiger partial charge on any atom is 0.250 e. The van der Waals surface area contributed by atoms with Crippen molar-refractivity contribution >= 4 is 5.91 Å². The van der Waals surface area contributed by atoms with Gasteiger partial charge in [-0.2, -0.15) is 0 Å². The Balaban J connectivity index is 1.72. The Morgan fingerprint density at radius 1 is 1.22 bits per heavy atom. The van der Waals surface area contributed by atoms with Crippen molar-refractivity contribution in [3.05, 3.63) is 64.6 Å². The van der Waals surface area contributed by atoms with E-state index >= 15 is 0 Å². The Bertz CT molecular complexity index is 692. The fourth-order valence-corrected chi connectivity index (χ4v) is 2.10. The van der Waals surface area contributed by atoms with Crippen molar-refractivity contribution in [1.29, 1.82) is 0 Å². The topological polar surface area (TPSA) is 60.3 Å². The van der Waals surface area contributed by atoms with Crippen molar-refractivity contribution in [1.82, 2.24) is 9.88 Å². The predicted octanol–water partition coefficient (Wildman–Crippen LogP) is 2.13. The molecule has 0 bridgehead atoms. The van der Waals surface area contributed by atoms with Crippen LogP contribution < -0.4 is 15.6 Å². The van der Waals surface area contributed by atoms with E-state index in [1.165, 1.54) is 16.2 Å². The van der Waals surface area contributed by atoms with E-state index < -0.39 is 0 Å². The van der Waals surface area contributed by atoms with Crippen LogP contribution in [0.25, 0.3) is 0 Å². The number of ether oxygens (including phenoxy) is 1. The van der Waals surface area contributed by atoms with Gasteiger partial charge in [0.1, 0.15) is 11.9 Å². The molecule has 1 aromatic carbocycles. The zero-order chi connectivity index (χ0) is 16.7. The van der Waals surface area contributed by atoms with Crippen molar-refractivity contribution in [2.45, 2.75) is 32.9 Å². The number of hydrogen-bond acceptors (Lipinski definition) is 3. The molecule has 5 nitrogen and oxygen atoms in total. The van der Waals surface area contributed by atoms with Crippen LogP contribution in [0.3, 0.4) is 0 Å². The number of hydrogen-bond donors (Lipinski definition) is 1. The highest BCUT2D eigenvalue weighted by atomic mass is 16.5. The highest BCUT2D eigenvalue weighted by Crippen LogP contribution is 2.12. The minimum Gasteiger partial charge on any atom is -0.489 e. The second-order valence-electron chi connectivity index (χ2n) is 5.53. The normalized spacial score (nSPS) is 11.7. The van der Waals surface area contributed by atoms with E-state index in [9.17, 15) is 9.59 Å². The Labute approximate surface area is 135 Å². The summed E-state index contributed by atoms with van der Waals surface area (Å²) in [6.45, 7) is 4.72. The number of benzene rings is 1. The number of aryl methyl sites for hydroxylation is 2. The summed E-state index contributed by atoms with van der Waals surface area (Å²) in [5, 5.41) is 2.82. The molecule has 0 saturated carbocycles. The van der Waals surface area contributed by atoms with Gasteiger partial charge in [-0.25, -0.2) is 0 Å². The number of carbonyl (C=O) groups is 1. The molecule has 0 spiro atoms. The number of aromatic nitrogens is 1. The van der Waals surface area contributed by atoms with E-state index in [1.807, 2.05) is 38.1 Å². The van der Waals surface area contributed by atoms with Crippen LogP contribution in [-0.4, -0.2) is 23.1 Å². The lowest BCUT2D eigenvalue weighted by Gasteiger charge is -2.15. The maximum absolute atomic E-state index is 11.8. The minimum atomic E-state index is -0.124. The number of nitrogens with one attached hydrogen (secondary N) is 1. The van der Waals surface area contributed by atoms with Gasteiger partial charge < -0.3 is 14.6 Å². The molecule has 0 aliphatic heterocycles. The standard InChI is InChI=1S/C18H22N2O3/c1-14-6-8-16(9-7-14)23-15(2)13-19-17(21)10-12-20-11-4-3-5-18(20)22/h3-9,11,15H,10,12-13H2,1-2H3,(H,19,21). The molecule has 122 valence electrons. The minimum absolute atomic E-state index is 0.0971. The van der Waals surface area contributed by atoms with Gasteiger partial charge in [-0.15, -0.1) is 0 Å². The molecule has 1 aromatic heterocycles. The summed E-state index contributed by atoms with van der Waals surface area (Å²) in [5.74, 6) is 0.688. The first-order valence-corrected chi connectivity index (χ1v) is 7.70. The molecule has 1 atom stereocenters. The Morgan fingerprint density at radius 3 is 2.65 bits per heavy atom. The fraction of sp³-hybridized carbons (Fsp3) is 0.333. The average molecular weight is 314 g/mol. The molecule has 5 heteroatoms. The van der Waals surface area contributed by atoms with Crippen molar-refractivity contribution in [2.24, 2.45) is 0 Å². The molecule has 1 N–H and O–H groups in total. The van der Waals surface area contributed by atoms with Gasteiger partial charge in [0.2, 0.25) is 5.91 Å². The molecule has 0 fully saturated rings. The maximum atomic E-state index is 11.8. The Morgan fingerprint density at radius 2 is 1.96 bits per heavy atom. The van der Waals surface area contributed by atoms with Crippen LogP contribution in [0.4, 0.5) is 0 Å². The van der Waals surface area contributed by atoms with Gasteiger partial charge in [0.25, 0.3) is 5.56 Å².